The van der Waals surface area contributed by atoms with Crippen LogP contribution < -0.4 is 5.73 Å². The summed E-state index contributed by atoms with van der Waals surface area (Å²) in [5.41, 5.74) is 4.95. The van der Waals surface area contributed by atoms with Crippen LogP contribution in [0, 0.1) is 11.6 Å². The molecule has 0 saturated carbocycles. The highest BCUT2D eigenvalue weighted by Crippen LogP contribution is 2.17. The Morgan fingerprint density at radius 2 is 2.19 bits per heavy atom. The molecule has 86 valence electrons. The van der Waals surface area contributed by atoms with Gasteiger partial charge < -0.3 is 10.8 Å². The number of aliphatic hydroxyl groups excluding tert-OH is 1. The predicted molar refractivity (Wildman–Crippen MR) is 57.4 cm³/mol. The molecule has 6 heteroatoms. The molecular formula is C10H11F2N3O. The smallest absolute Gasteiger partial charge is 0.131 e. The Kier molecular flexibility index (Phi) is 4.53. The van der Waals surface area contributed by atoms with E-state index in [4.69, 9.17) is 5.73 Å². The molecule has 4 nitrogen and oxygen atoms in total. The van der Waals surface area contributed by atoms with Crippen molar-refractivity contribution in [3.63, 3.8) is 0 Å². The number of halogens is 2. The van der Waals surface area contributed by atoms with Crippen molar-refractivity contribution in [3.8, 4) is 0 Å². The number of benzene rings is 1. The highest BCUT2D eigenvalue weighted by Gasteiger charge is 2.12. The normalized spacial score (nSPS) is 13.7. The molecule has 0 aliphatic carbocycles. The van der Waals surface area contributed by atoms with Crippen molar-refractivity contribution >= 4 is 12.7 Å². The Morgan fingerprint density at radius 3 is 2.81 bits per heavy atom. The number of rotatable bonds is 4. The van der Waals surface area contributed by atoms with Gasteiger partial charge in [-0.25, -0.2) is 13.8 Å². The van der Waals surface area contributed by atoms with Gasteiger partial charge in [-0.3, -0.25) is 4.99 Å². The molecule has 0 unspecified atom stereocenters. The zero-order valence-corrected chi connectivity index (χ0v) is 8.35. The maximum atomic E-state index is 13.2. The lowest BCUT2D eigenvalue weighted by atomic mass is 10.1. The van der Waals surface area contributed by atoms with Gasteiger partial charge in [-0.1, -0.05) is 6.07 Å². The Balaban J connectivity index is 2.69. The van der Waals surface area contributed by atoms with E-state index in [1.54, 1.807) is 0 Å². The van der Waals surface area contributed by atoms with E-state index in [0.717, 1.165) is 18.7 Å². The van der Waals surface area contributed by atoms with Crippen molar-refractivity contribution < 1.29 is 13.9 Å². The molecule has 1 aromatic carbocycles. The van der Waals surface area contributed by atoms with Crippen molar-refractivity contribution in [2.24, 2.45) is 15.7 Å². The second-order valence-corrected chi connectivity index (χ2v) is 2.96. The van der Waals surface area contributed by atoms with Gasteiger partial charge >= 0.3 is 0 Å². The minimum atomic E-state index is -1.13. The fourth-order valence-electron chi connectivity index (χ4n) is 1.10. The third-order valence-electron chi connectivity index (χ3n) is 1.83. The zero-order valence-electron chi connectivity index (χ0n) is 8.35. The summed E-state index contributed by atoms with van der Waals surface area (Å²) >= 11 is 0. The van der Waals surface area contributed by atoms with E-state index in [9.17, 15) is 13.9 Å². The Hall–Kier alpha value is -1.82. The van der Waals surface area contributed by atoms with Gasteiger partial charge in [-0.2, -0.15) is 0 Å². The first-order valence-electron chi connectivity index (χ1n) is 4.50. The van der Waals surface area contributed by atoms with Crippen LogP contribution >= 0.6 is 0 Å². The maximum Gasteiger partial charge on any atom is 0.131 e. The largest absolute Gasteiger partial charge is 0.390 e. The van der Waals surface area contributed by atoms with Crippen LogP contribution in [0.15, 0.2) is 28.2 Å². The molecule has 0 amide bonds. The van der Waals surface area contributed by atoms with E-state index in [-0.39, 0.29) is 12.1 Å². The molecule has 3 N–H and O–H groups in total. The lowest BCUT2D eigenvalue weighted by Crippen LogP contribution is -2.04. The summed E-state index contributed by atoms with van der Waals surface area (Å²) in [5.74, 6) is -1.49. The average molecular weight is 227 g/mol. The van der Waals surface area contributed by atoms with Crippen molar-refractivity contribution in [1.82, 2.24) is 0 Å². The van der Waals surface area contributed by atoms with Gasteiger partial charge in [0, 0.05) is 11.6 Å². The minimum Gasteiger partial charge on any atom is -0.390 e. The number of hydrogen-bond acceptors (Lipinski definition) is 2. The minimum absolute atomic E-state index is 0.00437. The first-order valence-corrected chi connectivity index (χ1v) is 4.50. The summed E-state index contributed by atoms with van der Waals surface area (Å²) in [5, 5.41) is 9.53. The lowest BCUT2D eigenvalue weighted by molar-refractivity contribution is 0.182. The molecule has 0 bridgehead atoms. The van der Waals surface area contributed by atoms with Crippen LogP contribution in [0.1, 0.15) is 11.7 Å². The zero-order chi connectivity index (χ0) is 12.0. The third kappa shape index (κ3) is 3.39. The number of nitrogens with two attached hydrogens (primary N) is 1. The van der Waals surface area contributed by atoms with Crippen LogP contribution in [-0.2, 0) is 0 Å². The Labute approximate surface area is 91.1 Å². The molecule has 0 aliphatic heterocycles. The van der Waals surface area contributed by atoms with E-state index >= 15 is 0 Å². The molecule has 0 fully saturated rings. The van der Waals surface area contributed by atoms with Crippen LogP contribution in [0.4, 0.5) is 8.78 Å². The number of hydrogen-bond donors (Lipinski definition) is 2. The number of aliphatic imine (C=N–C) groups is 2. The summed E-state index contributed by atoms with van der Waals surface area (Å²) in [6.45, 7) is -0.0696. The summed E-state index contributed by atoms with van der Waals surface area (Å²) in [6.07, 6.45) is 1.05. The average Bonchev–Trinajstić information content (AvgIpc) is 2.24. The lowest BCUT2D eigenvalue weighted by Gasteiger charge is -2.08. The van der Waals surface area contributed by atoms with Gasteiger partial charge in [-0.15, -0.1) is 0 Å². The van der Waals surface area contributed by atoms with Gasteiger partial charge in [0.15, 0.2) is 0 Å². The Morgan fingerprint density at radius 1 is 1.44 bits per heavy atom. The van der Waals surface area contributed by atoms with Crippen LogP contribution in [0.3, 0.4) is 0 Å². The SMILES string of the molecule is NC=NC=NC[C@@H](O)c1ccc(F)cc1F. The molecule has 0 spiro atoms. The van der Waals surface area contributed by atoms with Crippen molar-refractivity contribution in [2.75, 3.05) is 6.54 Å². The molecule has 0 aliphatic rings. The molecule has 0 heterocycles. The second-order valence-electron chi connectivity index (χ2n) is 2.96. The van der Waals surface area contributed by atoms with E-state index < -0.39 is 17.7 Å². The highest BCUT2D eigenvalue weighted by atomic mass is 19.1. The van der Waals surface area contributed by atoms with E-state index in [2.05, 4.69) is 9.98 Å². The highest BCUT2D eigenvalue weighted by molar-refractivity contribution is 5.69. The molecule has 1 atom stereocenters. The summed E-state index contributed by atoms with van der Waals surface area (Å²) in [4.78, 5) is 7.16. The van der Waals surface area contributed by atoms with Gasteiger partial charge in [-0.05, 0) is 6.07 Å². The van der Waals surface area contributed by atoms with Gasteiger partial charge in [0.2, 0.25) is 0 Å². The first-order chi connectivity index (χ1) is 7.65. The van der Waals surface area contributed by atoms with E-state index in [1.807, 2.05) is 0 Å². The van der Waals surface area contributed by atoms with Crippen molar-refractivity contribution in [2.45, 2.75) is 6.10 Å². The van der Waals surface area contributed by atoms with E-state index in [1.165, 1.54) is 6.07 Å². The number of aliphatic hydroxyl groups is 1. The molecule has 1 aromatic rings. The van der Waals surface area contributed by atoms with Crippen LogP contribution in [0.25, 0.3) is 0 Å². The second kappa shape index (κ2) is 5.92. The van der Waals surface area contributed by atoms with Crippen LogP contribution in [0.5, 0.6) is 0 Å². The molecule has 0 saturated heterocycles. The maximum absolute atomic E-state index is 13.2. The van der Waals surface area contributed by atoms with Gasteiger partial charge in [0.1, 0.15) is 24.1 Å². The van der Waals surface area contributed by atoms with E-state index in [0.29, 0.717) is 6.07 Å². The standard InChI is InChI=1S/C10H11F2N3O/c11-7-1-2-8(9(12)3-7)10(16)4-14-6-15-5-13/h1-3,5-6,10,16H,4H2,(H2,13,14,15)/t10-/m1/s1. The fourth-order valence-corrected chi connectivity index (χ4v) is 1.10. The molecule has 16 heavy (non-hydrogen) atoms. The first kappa shape index (κ1) is 12.3. The molecule has 0 radical (unpaired) electrons. The topological polar surface area (TPSA) is 71.0 Å². The fraction of sp³-hybridized carbons (Fsp3) is 0.200. The monoisotopic (exact) mass is 227 g/mol. The third-order valence-corrected chi connectivity index (χ3v) is 1.83. The molecular weight excluding hydrogens is 216 g/mol. The van der Waals surface area contributed by atoms with Gasteiger partial charge in [0.25, 0.3) is 0 Å². The van der Waals surface area contributed by atoms with Crippen molar-refractivity contribution in [1.29, 1.82) is 0 Å². The quantitative estimate of drug-likeness (QED) is 0.595. The Bertz CT molecular complexity index is 407. The molecule has 0 aromatic heterocycles. The summed E-state index contributed by atoms with van der Waals surface area (Å²) in [6, 6.07) is 2.96. The molecule has 1 rings (SSSR count). The van der Waals surface area contributed by atoms with Crippen LogP contribution in [-0.4, -0.2) is 24.3 Å². The predicted octanol–water partition coefficient (Wildman–Crippen LogP) is 1.01. The number of nitrogens with zero attached hydrogens (tertiary/aromatic N) is 2. The van der Waals surface area contributed by atoms with Crippen LogP contribution in [0.2, 0.25) is 0 Å². The van der Waals surface area contributed by atoms with Gasteiger partial charge in [0.05, 0.1) is 12.9 Å². The van der Waals surface area contributed by atoms with Crippen molar-refractivity contribution in [3.05, 3.63) is 35.4 Å². The summed E-state index contributed by atoms with van der Waals surface area (Å²) in [7, 11) is 0. The summed E-state index contributed by atoms with van der Waals surface area (Å²) < 4.78 is 25.8.